The van der Waals surface area contributed by atoms with Gasteiger partial charge in [-0.15, -0.1) is 92.3 Å². The standard InChI is InChI=1S/2C13H9.2C12H10Si.2C9H13.2ClH.2Zr/c2*1-3-7-12-10(5-1)9-11-6-2-4-8-13(11)12;2*1-3-7-11(8-4-1)13-12-9-5-2-6-10-12;2*1-9(2,3)8-6-4-5-7-8;;;;/h2*1-9H;2*1-10H;2*6-7H,4H2,1-3H3;2*1H;;/q2*-1;;;2*-1;;;2*+2/p-2. The molecule has 0 saturated heterocycles. The minimum absolute atomic E-state index is 0. The number of hydrogen-bond acceptors (Lipinski definition) is 0. The Morgan fingerprint density at radius 1 is 0.338 bits per heavy atom. The largest absolute Gasteiger partial charge is 0.126 e. The molecule has 0 bridgehead atoms. The number of rotatable bonds is 4. The zero-order valence-corrected chi connectivity index (χ0v) is 51.8. The van der Waals surface area contributed by atoms with E-state index in [9.17, 15) is 0 Å². The maximum Gasteiger partial charge on any atom is -0.0771 e. The molecule has 10 aromatic rings. The Balaban J connectivity index is 0.000000165. The van der Waals surface area contributed by atoms with Gasteiger partial charge in [0.05, 0.1) is 0 Å². The van der Waals surface area contributed by atoms with E-state index >= 15 is 0 Å². The van der Waals surface area contributed by atoms with Crippen molar-refractivity contribution in [3.63, 3.8) is 0 Å². The minimum atomic E-state index is -0.455. The first-order valence-corrected chi connectivity index (χ1v) is 35.2. The molecule has 0 unspecified atom stereocenters. The van der Waals surface area contributed by atoms with Crippen LogP contribution in [0.3, 0.4) is 0 Å². The molecule has 0 N–H and O–H groups in total. The van der Waals surface area contributed by atoms with Gasteiger partial charge in [0.15, 0.2) is 0 Å². The summed E-state index contributed by atoms with van der Waals surface area (Å²) in [7, 11) is 0. The molecule has 0 atom stereocenters. The van der Waals surface area contributed by atoms with E-state index < -0.39 is 10.9 Å². The van der Waals surface area contributed by atoms with Crippen LogP contribution in [0, 0.1) is 23.0 Å². The Hall–Kier alpha value is -4.76. The van der Waals surface area contributed by atoms with Crippen molar-refractivity contribution in [2.45, 2.75) is 54.4 Å². The Bertz CT molecular complexity index is 3030. The molecule has 0 heterocycles. The van der Waals surface area contributed by atoms with Gasteiger partial charge in [0.25, 0.3) is 0 Å². The smallest absolute Gasteiger partial charge is 0.0771 e. The van der Waals surface area contributed by atoms with Gasteiger partial charge in [0.1, 0.15) is 0 Å². The number of halogens is 2. The third-order valence-electron chi connectivity index (χ3n) is 12.4. The number of allylic oxidation sites excluding steroid dienone is 8. The van der Waals surface area contributed by atoms with Crippen molar-refractivity contribution in [2.75, 3.05) is 0 Å². The molecule has 10 aromatic carbocycles. The van der Waals surface area contributed by atoms with Crippen LogP contribution in [0.1, 0.15) is 54.4 Å². The van der Waals surface area contributed by atoms with Crippen LogP contribution in [-0.4, -0.2) is 10.9 Å². The molecule has 0 nitrogen and oxygen atoms in total. The first-order chi connectivity index (χ1) is 34.9. The van der Waals surface area contributed by atoms with Crippen molar-refractivity contribution >= 4 is 74.7 Å². The molecule has 368 valence electrons. The third kappa shape index (κ3) is 17.7. The predicted molar refractivity (Wildman–Crippen MR) is 310 cm³/mol. The quantitative estimate of drug-likeness (QED) is 0.122. The van der Waals surface area contributed by atoms with Crippen LogP contribution in [0.4, 0.5) is 0 Å². The van der Waals surface area contributed by atoms with E-state index in [4.69, 9.17) is 0 Å². The molecule has 0 saturated carbocycles. The van der Waals surface area contributed by atoms with Crippen molar-refractivity contribution in [3.05, 3.63) is 278 Å². The molecule has 6 heteroatoms. The average Bonchev–Trinajstić information content (AvgIpc) is 4.28. The summed E-state index contributed by atoms with van der Waals surface area (Å²) in [6.45, 7) is 13.3. The minimum Gasteiger partial charge on any atom is -0.126 e. The Kier molecular flexibility index (Phi) is 24.5. The van der Waals surface area contributed by atoms with Crippen molar-refractivity contribution in [1.29, 1.82) is 0 Å². The molecule has 0 aromatic heterocycles. The van der Waals surface area contributed by atoms with E-state index in [0.29, 0.717) is 10.8 Å². The Labute approximate surface area is 484 Å². The van der Waals surface area contributed by atoms with Crippen LogP contribution < -0.4 is 45.6 Å². The molecule has 74 heavy (non-hydrogen) atoms. The maximum atomic E-state index is 3.16. The second-order valence-corrected chi connectivity index (χ2v) is 31.0. The van der Waals surface area contributed by atoms with Crippen LogP contribution in [0.15, 0.2) is 266 Å². The van der Waals surface area contributed by atoms with E-state index in [1.54, 1.807) is 46.7 Å². The zero-order chi connectivity index (χ0) is 50.8. The first-order valence-electron chi connectivity index (χ1n) is 24.9. The molecule has 2 aliphatic carbocycles. The summed E-state index contributed by atoms with van der Waals surface area (Å²) in [5, 5.41) is 16.8. The van der Waals surface area contributed by atoms with Crippen molar-refractivity contribution in [2.24, 2.45) is 10.8 Å². The van der Waals surface area contributed by atoms with Gasteiger partial charge in [-0.1, -0.05) is 125 Å². The van der Waals surface area contributed by atoms with E-state index in [1.165, 1.54) is 75.0 Å². The van der Waals surface area contributed by atoms with E-state index in [0.717, 1.165) is 12.8 Å². The van der Waals surface area contributed by atoms with Gasteiger partial charge in [0.2, 0.25) is 0 Å². The summed E-state index contributed by atoms with van der Waals surface area (Å²) in [6, 6.07) is 81.9. The number of hydrogen-bond donors (Lipinski definition) is 0. The van der Waals surface area contributed by atoms with Crippen molar-refractivity contribution < 1.29 is 71.5 Å². The molecule has 0 radical (unpaired) electrons. The molecule has 0 spiro atoms. The topological polar surface area (TPSA) is 0 Å². The van der Waals surface area contributed by atoms with Gasteiger partial charge in [0, 0.05) is 0 Å². The van der Waals surface area contributed by atoms with Crippen molar-refractivity contribution in [3.8, 4) is 0 Å². The van der Waals surface area contributed by atoms with Crippen LogP contribution in [0.25, 0.3) is 43.1 Å². The second kappa shape index (κ2) is 30.1. The summed E-state index contributed by atoms with van der Waals surface area (Å²) in [5.41, 5.74) is 2.57. The third-order valence-corrected chi connectivity index (χ3v) is 24.6. The van der Waals surface area contributed by atoms with Crippen LogP contribution in [0.2, 0.25) is 0 Å². The molecule has 0 aliphatic heterocycles. The van der Waals surface area contributed by atoms with Crippen LogP contribution in [-0.2, 0) is 46.7 Å². The molecule has 0 fully saturated rings. The fraction of sp³-hybridized carbons (Fsp3) is 0.147. The normalized spacial score (nSPS) is 12.1. The number of fused-ring (bicyclic) bond motifs is 6. The van der Waals surface area contributed by atoms with Gasteiger partial charge < -0.3 is 24.8 Å². The van der Waals surface area contributed by atoms with Gasteiger partial charge in [-0.2, -0.15) is 23.3 Å². The average molecular weight is 1190 g/mol. The Morgan fingerprint density at radius 2 is 0.554 bits per heavy atom. The van der Waals surface area contributed by atoms with Crippen molar-refractivity contribution in [1.82, 2.24) is 0 Å². The second-order valence-electron chi connectivity index (χ2n) is 19.8. The van der Waals surface area contributed by atoms with Gasteiger partial charge in [-0.05, 0) is 0 Å². The number of benzene rings is 8. The monoisotopic (exact) mass is 1190 g/mol. The van der Waals surface area contributed by atoms with E-state index in [2.05, 4.69) is 309 Å². The maximum absolute atomic E-state index is 3.16. The summed E-state index contributed by atoms with van der Waals surface area (Å²) < 4.78 is 0. The first kappa shape index (κ1) is 60.1. The fourth-order valence-electron chi connectivity index (χ4n) is 8.40. The molecular formula is C68H64Cl2Si2Zr2-2. The molecule has 0 amide bonds. The SMILES string of the molecule is CC(C)(C)C1=CC[C-]=C1.CC(C)(C)C1=CC[C-]=C1.[Cl-].[Cl-].[Zr+2]=[Si](c1ccccc1)c1ccccc1.[Zr+2]=[Si](c1ccccc1)c1ccccc1.c1ccc2c(c1)[cH-]c1ccccc12.c1ccc2c(c1)[cH-]c1ccccc12. The van der Waals surface area contributed by atoms with E-state index in [-0.39, 0.29) is 24.8 Å². The zero-order valence-electron chi connectivity index (χ0n) is 43.4. The van der Waals surface area contributed by atoms with Crippen LogP contribution >= 0.6 is 0 Å². The predicted octanol–water partition coefficient (Wildman–Crippen LogP) is 9.55. The van der Waals surface area contributed by atoms with Gasteiger partial charge in [-0.3, -0.25) is 12.2 Å². The van der Waals surface area contributed by atoms with Crippen LogP contribution in [0.5, 0.6) is 0 Å². The summed E-state index contributed by atoms with van der Waals surface area (Å²) in [5.74, 6) is 0. The molecule has 12 rings (SSSR count). The van der Waals surface area contributed by atoms with Gasteiger partial charge >= 0.3 is 200 Å². The molecule has 2 aliphatic rings. The van der Waals surface area contributed by atoms with Gasteiger partial charge in [-0.25, -0.2) is 12.2 Å². The summed E-state index contributed by atoms with van der Waals surface area (Å²) >= 11 is 3.29. The fourth-order valence-corrected chi connectivity index (χ4v) is 16.1. The molecular weight excluding hydrogens is 1130 g/mol. The summed E-state index contributed by atoms with van der Waals surface area (Å²) in [6.07, 6.45) is 17.0. The van der Waals surface area contributed by atoms with E-state index in [1.807, 2.05) is 0 Å². The Morgan fingerprint density at radius 3 is 0.743 bits per heavy atom. The summed E-state index contributed by atoms with van der Waals surface area (Å²) in [4.78, 5) is 0.